The van der Waals surface area contributed by atoms with Gasteiger partial charge in [-0.05, 0) is 18.5 Å². The number of carboxylic acids is 1. The largest absolute Gasteiger partial charge is 0.480 e. The minimum Gasteiger partial charge on any atom is -0.480 e. The predicted molar refractivity (Wildman–Crippen MR) is 72.9 cm³/mol. The van der Waals surface area contributed by atoms with E-state index in [0.29, 0.717) is 0 Å². The molecule has 0 aromatic heterocycles. The highest BCUT2D eigenvalue weighted by Gasteiger charge is 2.19. The van der Waals surface area contributed by atoms with Crippen LogP contribution in [0.15, 0.2) is 30.3 Å². The molecule has 1 rings (SSSR count). The van der Waals surface area contributed by atoms with Crippen molar-refractivity contribution in [1.82, 2.24) is 10.6 Å². The lowest BCUT2D eigenvalue weighted by Gasteiger charge is -2.14. The van der Waals surface area contributed by atoms with Gasteiger partial charge in [0.15, 0.2) is 0 Å². The van der Waals surface area contributed by atoms with E-state index in [1.54, 1.807) is 0 Å². The van der Waals surface area contributed by atoms with E-state index in [4.69, 9.17) is 5.11 Å². The van der Waals surface area contributed by atoms with E-state index < -0.39 is 12.0 Å². The number of hydrogen-bond donors (Lipinski definition) is 3. The molecule has 0 unspecified atom stereocenters. The van der Waals surface area contributed by atoms with Crippen LogP contribution in [0.3, 0.4) is 0 Å². The highest BCUT2D eigenvalue weighted by Crippen LogP contribution is 2.03. The zero-order valence-electron chi connectivity index (χ0n) is 11.1. The zero-order chi connectivity index (χ0) is 14.1. The van der Waals surface area contributed by atoms with E-state index in [1.807, 2.05) is 37.3 Å². The molecule has 104 valence electrons. The van der Waals surface area contributed by atoms with Gasteiger partial charge in [0.25, 0.3) is 0 Å². The van der Waals surface area contributed by atoms with E-state index in [2.05, 4.69) is 10.6 Å². The molecule has 0 fully saturated rings. The Morgan fingerprint density at radius 3 is 2.53 bits per heavy atom. The highest BCUT2D eigenvalue weighted by atomic mass is 16.4. The second kappa shape index (κ2) is 8.26. The topological polar surface area (TPSA) is 78.4 Å². The summed E-state index contributed by atoms with van der Waals surface area (Å²) >= 11 is 0. The fourth-order valence-electron chi connectivity index (χ4n) is 1.67. The van der Waals surface area contributed by atoms with Crippen LogP contribution in [-0.2, 0) is 16.0 Å². The summed E-state index contributed by atoms with van der Waals surface area (Å²) in [5, 5.41) is 14.6. The quantitative estimate of drug-likeness (QED) is 0.607. The van der Waals surface area contributed by atoms with Crippen molar-refractivity contribution in [3.05, 3.63) is 35.9 Å². The van der Waals surface area contributed by atoms with Crippen LogP contribution in [0.2, 0.25) is 0 Å². The summed E-state index contributed by atoms with van der Waals surface area (Å²) in [5.74, 6) is -1.32. The minimum atomic E-state index is -1.02. The van der Waals surface area contributed by atoms with Gasteiger partial charge in [-0.1, -0.05) is 37.3 Å². The molecule has 5 heteroatoms. The lowest BCUT2D eigenvalue weighted by molar-refractivity contribution is -0.141. The molecule has 0 heterocycles. The van der Waals surface area contributed by atoms with Crippen LogP contribution in [0.25, 0.3) is 0 Å². The van der Waals surface area contributed by atoms with E-state index >= 15 is 0 Å². The second-order valence-corrected chi connectivity index (χ2v) is 4.32. The number of carbonyl (C=O) groups is 2. The highest BCUT2D eigenvalue weighted by molar-refractivity contribution is 5.84. The molecule has 0 bridgehead atoms. The number of amides is 1. The van der Waals surface area contributed by atoms with Crippen molar-refractivity contribution < 1.29 is 14.7 Å². The first kappa shape index (κ1) is 15.2. The molecule has 0 aliphatic heterocycles. The Morgan fingerprint density at radius 1 is 1.26 bits per heavy atom. The number of nitrogens with one attached hydrogen (secondary N) is 2. The van der Waals surface area contributed by atoms with Crippen molar-refractivity contribution in [2.45, 2.75) is 25.8 Å². The summed E-state index contributed by atoms with van der Waals surface area (Å²) in [7, 11) is 0. The number of carboxylic acid groups (broad SMARTS) is 1. The van der Waals surface area contributed by atoms with Crippen molar-refractivity contribution >= 4 is 11.9 Å². The number of benzene rings is 1. The zero-order valence-corrected chi connectivity index (χ0v) is 11.1. The lowest BCUT2D eigenvalue weighted by atomic mass is 10.1. The van der Waals surface area contributed by atoms with E-state index in [1.165, 1.54) is 0 Å². The van der Waals surface area contributed by atoms with Crippen molar-refractivity contribution in [2.75, 3.05) is 13.1 Å². The van der Waals surface area contributed by atoms with E-state index in [-0.39, 0.29) is 18.9 Å². The Morgan fingerprint density at radius 2 is 1.95 bits per heavy atom. The maximum atomic E-state index is 11.6. The molecule has 0 radical (unpaired) electrons. The minimum absolute atomic E-state index is 0.145. The van der Waals surface area contributed by atoms with E-state index in [9.17, 15) is 9.59 Å². The molecule has 0 saturated heterocycles. The Hall–Kier alpha value is -1.88. The van der Waals surface area contributed by atoms with Crippen LogP contribution >= 0.6 is 0 Å². The molecule has 0 saturated carbocycles. The molecule has 19 heavy (non-hydrogen) atoms. The smallest absolute Gasteiger partial charge is 0.326 e. The Kier molecular flexibility index (Phi) is 6.60. The van der Waals surface area contributed by atoms with Gasteiger partial charge in [0.05, 0.1) is 6.54 Å². The molecule has 1 aromatic rings. The number of carbonyl (C=O) groups excluding carboxylic acids is 1. The monoisotopic (exact) mass is 264 g/mol. The first-order valence-corrected chi connectivity index (χ1v) is 6.40. The standard InChI is InChI=1S/C14H20N2O3/c1-2-8-15-10-13(17)16-12(14(18)19)9-11-6-4-3-5-7-11/h3-7,12,15H,2,8-10H2,1H3,(H,16,17)(H,18,19)/t12-/m1/s1. The van der Waals surface area contributed by atoms with Gasteiger partial charge < -0.3 is 15.7 Å². The molecule has 0 spiro atoms. The van der Waals surface area contributed by atoms with Crippen LogP contribution in [0, 0.1) is 0 Å². The second-order valence-electron chi connectivity index (χ2n) is 4.32. The van der Waals surface area contributed by atoms with Crippen LogP contribution in [0.1, 0.15) is 18.9 Å². The Labute approximate surface area is 113 Å². The summed E-state index contributed by atoms with van der Waals surface area (Å²) in [6.07, 6.45) is 1.22. The summed E-state index contributed by atoms with van der Waals surface area (Å²) in [5.41, 5.74) is 0.886. The van der Waals surface area contributed by atoms with Crippen LogP contribution in [-0.4, -0.2) is 36.1 Å². The third-order valence-corrected chi connectivity index (χ3v) is 2.63. The van der Waals surface area contributed by atoms with Crippen molar-refractivity contribution in [1.29, 1.82) is 0 Å². The molecule has 1 amide bonds. The fraction of sp³-hybridized carbons (Fsp3) is 0.429. The lowest BCUT2D eigenvalue weighted by Crippen LogP contribution is -2.45. The Balaban J connectivity index is 2.49. The molecule has 5 nitrogen and oxygen atoms in total. The number of hydrogen-bond acceptors (Lipinski definition) is 3. The van der Waals surface area contributed by atoms with Crippen LogP contribution in [0.4, 0.5) is 0 Å². The maximum Gasteiger partial charge on any atom is 0.326 e. The van der Waals surface area contributed by atoms with Gasteiger partial charge >= 0.3 is 5.97 Å². The van der Waals surface area contributed by atoms with Crippen LogP contribution in [0.5, 0.6) is 0 Å². The van der Waals surface area contributed by atoms with Crippen molar-refractivity contribution in [3.8, 4) is 0 Å². The summed E-state index contributed by atoms with van der Waals surface area (Å²) < 4.78 is 0. The summed E-state index contributed by atoms with van der Waals surface area (Å²) in [4.78, 5) is 22.7. The first-order chi connectivity index (χ1) is 9.13. The van der Waals surface area contributed by atoms with Crippen molar-refractivity contribution in [2.24, 2.45) is 0 Å². The van der Waals surface area contributed by atoms with Gasteiger partial charge in [-0.3, -0.25) is 4.79 Å². The normalized spacial score (nSPS) is 11.8. The van der Waals surface area contributed by atoms with Gasteiger partial charge in [-0.2, -0.15) is 0 Å². The summed E-state index contributed by atoms with van der Waals surface area (Å²) in [6.45, 7) is 2.89. The van der Waals surface area contributed by atoms with Gasteiger partial charge in [0.1, 0.15) is 6.04 Å². The van der Waals surface area contributed by atoms with Gasteiger partial charge in [0, 0.05) is 6.42 Å². The van der Waals surface area contributed by atoms with Gasteiger partial charge in [-0.15, -0.1) is 0 Å². The SMILES string of the molecule is CCCNCC(=O)N[C@H](Cc1ccccc1)C(=O)O. The third kappa shape index (κ3) is 6.01. The third-order valence-electron chi connectivity index (χ3n) is 2.63. The average Bonchev–Trinajstić information content (AvgIpc) is 2.39. The molecule has 0 aliphatic rings. The number of rotatable bonds is 8. The number of aliphatic carboxylic acids is 1. The maximum absolute atomic E-state index is 11.6. The molecular formula is C14H20N2O3. The molecule has 1 aromatic carbocycles. The Bertz CT molecular complexity index is 406. The van der Waals surface area contributed by atoms with Gasteiger partial charge in [0.2, 0.25) is 5.91 Å². The molecule has 3 N–H and O–H groups in total. The van der Waals surface area contributed by atoms with E-state index in [0.717, 1.165) is 18.5 Å². The predicted octanol–water partition coefficient (Wildman–Crippen LogP) is 0.798. The molecule has 0 aliphatic carbocycles. The summed E-state index contributed by atoms with van der Waals surface area (Å²) in [6, 6.07) is 8.36. The molecule has 1 atom stereocenters. The van der Waals surface area contributed by atoms with Crippen LogP contribution < -0.4 is 10.6 Å². The molecular weight excluding hydrogens is 244 g/mol. The van der Waals surface area contributed by atoms with Crippen molar-refractivity contribution in [3.63, 3.8) is 0 Å². The van der Waals surface area contributed by atoms with Gasteiger partial charge in [-0.25, -0.2) is 4.79 Å². The first-order valence-electron chi connectivity index (χ1n) is 6.40. The fourth-order valence-corrected chi connectivity index (χ4v) is 1.67. The average molecular weight is 264 g/mol.